The van der Waals surface area contributed by atoms with Crippen LogP contribution in [0.25, 0.3) is 6.08 Å². The molecule has 1 aromatic carbocycles. The molecule has 0 spiro atoms. The molecule has 0 fully saturated rings. The van der Waals surface area contributed by atoms with Gasteiger partial charge in [-0.25, -0.2) is 0 Å². The van der Waals surface area contributed by atoms with Gasteiger partial charge >= 0.3 is 0 Å². The predicted octanol–water partition coefficient (Wildman–Crippen LogP) is 4.94. The molecule has 1 heteroatoms. The van der Waals surface area contributed by atoms with E-state index in [1.165, 1.54) is 23.1 Å². The highest BCUT2D eigenvalue weighted by atomic mass is 16.5. The van der Waals surface area contributed by atoms with Crippen molar-refractivity contribution in [2.75, 3.05) is 0 Å². The Labute approximate surface area is 100 Å². The molecule has 0 atom stereocenters. The maximum atomic E-state index is 5.16. The lowest BCUT2D eigenvalue weighted by Crippen LogP contribution is -1.95. The molecule has 90 valence electrons. The second-order valence-electron chi connectivity index (χ2n) is 3.52. The monoisotopic (exact) mass is 220 g/mol. The average Bonchev–Trinajstić information content (AvgIpc) is 2.32. The number of hydrogen-bond acceptors (Lipinski definition) is 1. The molecule has 2 rings (SSSR count). The molecule has 1 aromatic rings. The van der Waals surface area contributed by atoms with Gasteiger partial charge in [-0.2, -0.15) is 0 Å². The third kappa shape index (κ3) is 5.01. The van der Waals surface area contributed by atoms with Crippen molar-refractivity contribution >= 4 is 6.08 Å². The molecule has 0 radical (unpaired) electrons. The first-order valence-corrected chi connectivity index (χ1v) is 6.15. The van der Waals surface area contributed by atoms with Gasteiger partial charge in [-0.15, -0.1) is 0 Å². The van der Waals surface area contributed by atoms with Crippen molar-refractivity contribution < 1.29 is 4.74 Å². The molecule has 0 aliphatic carbocycles. The van der Waals surface area contributed by atoms with E-state index in [9.17, 15) is 0 Å². The van der Waals surface area contributed by atoms with Gasteiger partial charge in [-0.1, -0.05) is 57.9 Å². The van der Waals surface area contributed by atoms with Gasteiger partial charge in [0.1, 0.15) is 6.61 Å². The third-order valence-electron chi connectivity index (χ3n) is 1.88. The van der Waals surface area contributed by atoms with E-state index in [0.29, 0.717) is 6.61 Å². The molecule has 1 aliphatic rings. The molecular weight excluding hydrogens is 196 g/mol. The van der Waals surface area contributed by atoms with Crippen molar-refractivity contribution in [3.63, 3.8) is 0 Å². The van der Waals surface area contributed by atoms with Crippen molar-refractivity contribution in [2.45, 2.75) is 47.6 Å². The zero-order chi connectivity index (χ0) is 12.4. The quantitative estimate of drug-likeness (QED) is 0.602. The molecule has 0 bridgehead atoms. The molecule has 0 saturated heterocycles. The zero-order valence-corrected chi connectivity index (χ0v) is 11.2. The van der Waals surface area contributed by atoms with Crippen LogP contribution in [0.1, 0.15) is 50.8 Å². The summed E-state index contributed by atoms with van der Waals surface area (Å²) in [5, 5.41) is 0. The zero-order valence-electron chi connectivity index (χ0n) is 11.2. The average molecular weight is 220 g/mol. The summed E-state index contributed by atoms with van der Waals surface area (Å²) in [5.41, 5.74) is 3.87. The van der Waals surface area contributed by atoms with Gasteiger partial charge in [-0.3, -0.25) is 0 Å². The maximum Gasteiger partial charge on any atom is 0.113 e. The molecule has 0 N–H and O–H groups in total. The number of aryl methyl sites for hydroxylation is 1. The highest BCUT2D eigenvalue weighted by molar-refractivity contribution is 5.55. The predicted molar refractivity (Wildman–Crippen MR) is 72.3 cm³/mol. The van der Waals surface area contributed by atoms with E-state index in [-0.39, 0.29) is 0 Å². The van der Waals surface area contributed by atoms with E-state index >= 15 is 0 Å². The van der Waals surface area contributed by atoms with Crippen molar-refractivity contribution in [3.8, 4) is 0 Å². The van der Waals surface area contributed by atoms with Gasteiger partial charge in [0.15, 0.2) is 0 Å². The normalized spacial score (nSPS) is 11.1. The largest absolute Gasteiger partial charge is 0.496 e. The standard InChI is InChI=1S/C10H10O.C3H8.C2H6/c1-8-2-3-10-7-11-5-4-9(10)6-8;1-3-2;1-2/h2-6H,7H2,1H3;3H2,1-2H3;1-2H3. The highest BCUT2D eigenvalue weighted by Gasteiger charge is 2.03. The van der Waals surface area contributed by atoms with Crippen molar-refractivity contribution in [1.82, 2.24) is 0 Å². The second kappa shape index (κ2) is 9.02. The Hall–Kier alpha value is -1.24. The van der Waals surface area contributed by atoms with Gasteiger partial charge < -0.3 is 4.74 Å². The molecule has 1 nitrogen and oxygen atoms in total. The molecule has 0 amide bonds. The number of fused-ring (bicyclic) bond motifs is 1. The van der Waals surface area contributed by atoms with Crippen LogP contribution >= 0.6 is 0 Å². The SMILES string of the molecule is CC.CCC.Cc1ccc2c(c1)C=COC2. The van der Waals surface area contributed by atoms with Crippen LogP contribution in [0.5, 0.6) is 0 Å². The van der Waals surface area contributed by atoms with Crippen LogP contribution < -0.4 is 0 Å². The first-order valence-electron chi connectivity index (χ1n) is 6.15. The van der Waals surface area contributed by atoms with Crippen LogP contribution in [-0.2, 0) is 11.3 Å². The third-order valence-corrected chi connectivity index (χ3v) is 1.88. The van der Waals surface area contributed by atoms with Gasteiger partial charge in [0.2, 0.25) is 0 Å². The first kappa shape index (κ1) is 14.8. The fourth-order valence-corrected chi connectivity index (χ4v) is 1.26. The summed E-state index contributed by atoms with van der Waals surface area (Å²) in [6.45, 7) is 11.1. The second-order valence-corrected chi connectivity index (χ2v) is 3.52. The molecule has 1 aliphatic heterocycles. The van der Waals surface area contributed by atoms with Crippen LogP contribution in [0.3, 0.4) is 0 Å². The van der Waals surface area contributed by atoms with Crippen LogP contribution in [0.4, 0.5) is 0 Å². The van der Waals surface area contributed by atoms with Crippen molar-refractivity contribution in [3.05, 3.63) is 41.2 Å². The molecule has 16 heavy (non-hydrogen) atoms. The van der Waals surface area contributed by atoms with Gasteiger partial charge in [-0.05, 0) is 24.1 Å². The fourth-order valence-electron chi connectivity index (χ4n) is 1.26. The first-order chi connectivity index (χ1) is 7.77. The van der Waals surface area contributed by atoms with Crippen LogP contribution in [-0.4, -0.2) is 0 Å². The van der Waals surface area contributed by atoms with E-state index in [1.807, 2.05) is 19.9 Å². The minimum atomic E-state index is 0.714. The topological polar surface area (TPSA) is 9.23 Å². The summed E-state index contributed by atoms with van der Waals surface area (Å²) >= 11 is 0. The maximum absolute atomic E-state index is 5.16. The lowest BCUT2D eigenvalue weighted by Gasteiger charge is -2.11. The summed E-state index contributed by atoms with van der Waals surface area (Å²) in [7, 11) is 0. The van der Waals surface area contributed by atoms with Crippen LogP contribution in [0, 0.1) is 6.92 Å². The molecule has 1 heterocycles. The van der Waals surface area contributed by atoms with Crippen molar-refractivity contribution in [1.29, 1.82) is 0 Å². The fraction of sp³-hybridized carbons (Fsp3) is 0.467. The molecule has 0 unspecified atom stereocenters. The summed E-state index contributed by atoms with van der Waals surface area (Å²) in [6.07, 6.45) is 5.01. The summed E-state index contributed by atoms with van der Waals surface area (Å²) in [6, 6.07) is 6.41. The van der Waals surface area contributed by atoms with Gasteiger partial charge in [0.25, 0.3) is 0 Å². The minimum Gasteiger partial charge on any atom is -0.496 e. The van der Waals surface area contributed by atoms with E-state index in [1.54, 1.807) is 6.26 Å². The van der Waals surface area contributed by atoms with E-state index in [2.05, 4.69) is 39.0 Å². The molecule has 0 saturated carbocycles. The number of hydrogen-bond donors (Lipinski definition) is 0. The lowest BCUT2D eigenvalue weighted by atomic mass is 10.0. The van der Waals surface area contributed by atoms with Gasteiger partial charge in [0.05, 0.1) is 6.26 Å². The number of rotatable bonds is 0. The van der Waals surface area contributed by atoms with Crippen LogP contribution in [0.2, 0.25) is 0 Å². The smallest absolute Gasteiger partial charge is 0.113 e. The highest BCUT2D eigenvalue weighted by Crippen LogP contribution is 2.18. The van der Waals surface area contributed by atoms with Gasteiger partial charge in [0, 0.05) is 0 Å². The van der Waals surface area contributed by atoms with E-state index in [0.717, 1.165) is 0 Å². The summed E-state index contributed by atoms with van der Waals surface area (Å²) < 4.78 is 5.16. The summed E-state index contributed by atoms with van der Waals surface area (Å²) in [5.74, 6) is 0. The Morgan fingerprint density at radius 1 is 1.19 bits per heavy atom. The minimum absolute atomic E-state index is 0.714. The Balaban J connectivity index is 0.000000394. The molecule has 0 aromatic heterocycles. The number of ether oxygens (including phenoxy) is 1. The Kier molecular flexibility index (Phi) is 8.32. The summed E-state index contributed by atoms with van der Waals surface area (Å²) in [4.78, 5) is 0. The van der Waals surface area contributed by atoms with Crippen molar-refractivity contribution in [2.24, 2.45) is 0 Å². The van der Waals surface area contributed by atoms with E-state index in [4.69, 9.17) is 4.74 Å². The lowest BCUT2D eigenvalue weighted by molar-refractivity contribution is 0.234. The van der Waals surface area contributed by atoms with E-state index < -0.39 is 0 Å². The Morgan fingerprint density at radius 2 is 1.81 bits per heavy atom. The Bertz CT molecular complexity index is 313. The Morgan fingerprint density at radius 3 is 2.44 bits per heavy atom. The molecular formula is C15H24O. The number of benzene rings is 1. The van der Waals surface area contributed by atoms with Crippen LogP contribution in [0.15, 0.2) is 24.5 Å².